The van der Waals surface area contributed by atoms with Crippen molar-refractivity contribution in [2.24, 2.45) is 5.73 Å². The molecule has 19 heavy (non-hydrogen) atoms. The van der Waals surface area contributed by atoms with Crippen molar-refractivity contribution in [1.29, 1.82) is 0 Å². The first kappa shape index (κ1) is 16.1. The fourth-order valence-corrected chi connectivity index (χ4v) is 1.99. The smallest absolute Gasteiger partial charge is 0.240 e. The maximum atomic E-state index is 11.5. The van der Waals surface area contributed by atoms with E-state index in [1.54, 1.807) is 6.92 Å². The quantitative estimate of drug-likeness (QED) is 0.760. The summed E-state index contributed by atoms with van der Waals surface area (Å²) in [6.07, 6.45) is 0. The van der Waals surface area contributed by atoms with E-state index in [9.17, 15) is 4.79 Å². The summed E-state index contributed by atoms with van der Waals surface area (Å²) in [4.78, 5) is 13.5. The van der Waals surface area contributed by atoms with Crippen LogP contribution in [-0.4, -0.2) is 36.8 Å². The molecule has 0 aliphatic heterocycles. The summed E-state index contributed by atoms with van der Waals surface area (Å²) >= 11 is 11.5. The van der Waals surface area contributed by atoms with Crippen molar-refractivity contribution in [1.82, 2.24) is 0 Å². The van der Waals surface area contributed by atoms with Crippen molar-refractivity contribution in [2.45, 2.75) is 13.0 Å². The number of hydrogen-bond acceptors (Lipinski definition) is 3. The van der Waals surface area contributed by atoms with Crippen LogP contribution < -0.4 is 16.0 Å². The maximum absolute atomic E-state index is 11.5. The molecule has 1 aromatic carbocycles. The molecule has 6 heteroatoms. The van der Waals surface area contributed by atoms with Crippen LogP contribution in [0.25, 0.3) is 0 Å². The Morgan fingerprint density at radius 2 is 1.79 bits per heavy atom. The Bertz CT molecular complexity index is 389. The molecule has 1 amide bonds. The molecule has 3 N–H and O–H groups in total. The van der Waals surface area contributed by atoms with Gasteiger partial charge in [0.1, 0.15) is 0 Å². The van der Waals surface area contributed by atoms with Crippen molar-refractivity contribution in [3.63, 3.8) is 0 Å². The van der Waals surface area contributed by atoms with Gasteiger partial charge < -0.3 is 16.0 Å². The average molecular weight is 304 g/mol. The zero-order valence-corrected chi connectivity index (χ0v) is 12.4. The second kappa shape index (κ2) is 8.25. The lowest BCUT2D eigenvalue weighted by atomic mass is 10.2. The van der Waals surface area contributed by atoms with Gasteiger partial charge >= 0.3 is 0 Å². The van der Waals surface area contributed by atoms with Crippen molar-refractivity contribution >= 4 is 40.5 Å². The molecule has 1 aromatic rings. The standard InChI is InChI=1S/C13H19Cl2N3O/c1-10(16)13(19)17-11-2-4-12(5-3-11)18(8-6-14)9-7-15/h2-5,10H,6-9,16H2,1H3,(H,17,19). The number of rotatable bonds is 7. The number of hydrogen-bond donors (Lipinski definition) is 2. The number of nitrogens with one attached hydrogen (secondary N) is 1. The summed E-state index contributed by atoms with van der Waals surface area (Å²) in [5.41, 5.74) is 7.24. The number of benzene rings is 1. The van der Waals surface area contributed by atoms with Crippen molar-refractivity contribution < 1.29 is 4.79 Å². The largest absolute Gasteiger partial charge is 0.369 e. The van der Waals surface area contributed by atoms with Gasteiger partial charge in [-0.1, -0.05) is 0 Å². The van der Waals surface area contributed by atoms with Gasteiger partial charge in [0.25, 0.3) is 0 Å². The molecule has 1 rings (SSSR count). The van der Waals surface area contributed by atoms with Crippen LogP contribution in [0.2, 0.25) is 0 Å². The van der Waals surface area contributed by atoms with Gasteiger partial charge in [-0.25, -0.2) is 0 Å². The Morgan fingerprint density at radius 3 is 2.21 bits per heavy atom. The van der Waals surface area contributed by atoms with Gasteiger partial charge in [0.2, 0.25) is 5.91 Å². The van der Waals surface area contributed by atoms with E-state index in [-0.39, 0.29) is 5.91 Å². The van der Waals surface area contributed by atoms with Gasteiger partial charge in [-0.3, -0.25) is 4.79 Å². The van der Waals surface area contributed by atoms with E-state index < -0.39 is 6.04 Å². The first-order valence-electron chi connectivity index (χ1n) is 6.12. The second-order valence-corrected chi connectivity index (χ2v) is 4.95. The highest BCUT2D eigenvalue weighted by molar-refractivity contribution is 6.18. The van der Waals surface area contributed by atoms with Crippen molar-refractivity contribution in [2.75, 3.05) is 35.1 Å². The predicted octanol–water partition coefficient (Wildman–Crippen LogP) is 2.26. The van der Waals surface area contributed by atoms with E-state index in [4.69, 9.17) is 28.9 Å². The minimum atomic E-state index is -0.524. The van der Waals surface area contributed by atoms with E-state index in [2.05, 4.69) is 10.2 Å². The normalized spacial score (nSPS) is 12.0. The number of amides is 1. The Labute approximate surface area is 123 Å². The zero-order chi connectivity index (χ0) is 14.3. The molecule has 0 radical (unpaired) electrons. The first-order valence-corrected chi connectivity index (χ1v) is 7.18. The van der Waals surface area contributed by atoms with E-state index in [1.165, 1.54) is 0 Å². The Balaban J connectivity index is 2.71. The van der Waals surface area contributed by atoms with Gasteiger partial charge in [-0.2, -0.15) is 0 Å². The highest BCUT2D eigenvalue weighted by Crippen LogP contribution is 2.18. The number of nitrogens with zero attached hydrogens (tertiary/aromatic N) is 1. The second-order valence-electron chi connectivity index (χ2n) is 4.19. The van der Waals surface area contributed by atoms with Gasteiger partial charge in [0, 0.05) is 36.2 Å². The van der Waals surface area contributed by atoms with Crippen LogP contribution >= 0.6 is 23.2 Å². The Hall–Kier alpha value is -0.970. The molecule has 106 valence electrons. The van der Waals surface area contributed by atoms with Gasteiger partial charge in [0.15, 0.2) is 0 Å². The average Bonchev–Trinajstić information content (AvgIpc) is 2.39. The van der Waals surface area contributed by atoms with Crippen LogP contribution in [0.3, 0.4) is 0 Å². The molecular weight excluding hydrogens is 285 g/mol. The van der Waals surface area contributed by atoms with E-state index in [0.29, 0.717) is 11.8 Å². The lowest BCUT2D eigenvalue weighted by Gasteiger charge is -2.23. The predicted molar refractivity (Wildman–Crippen MR) is 82.4 cm³/mol. The van der Waals surface area contributed by atoms with Crippen molar-refractivity contribution in [3.05, 3.63) is 24.3 Å². The van der Waals surface area contributed by atoms with Crippen molar-refractivity contribution in [3.8, 4) is 0 Å². The lowest BCUT2D eigenvalue weighted by molar-refractivity contribution is -0.117. The minimum Gasteiger partial charge on any atom is -0.369 e. The summed E-state index contributed by atoms with van der Waals surface area (Å²) < 4.78 is 0. The minimum absolute atomic E-state index is 0.203. The number of carbonyl (C=O) groups is 1. The SMILES string of the molecule is CC(N)C(=O)Nc1ccc(N(CCCl)CCCl)cc1. The molecule has 0 aromatic heterocycles. The number of halogens is 2. The molecule has 0 aliphatic carbocycles. The fraction of sp³-hybridized carbons (Fsp3) is 0.462. The molecule has 0 heterocycles. The lowest BCUT2D eigenvalue weighted by Crippen LogP contribution is -2.32. The van der Waals surface area contributed by atoms with Crippen LogP contribution in [0, 0.1) is 0 Å². The molecule has 0 aliphatic rings. The molecule has 4 nitrogen and oxygen atoms in total. The van der Waals surface area contributed by atoms with Gasteiger partial charge in [0.05, 0.1) is 6.04 Å². The van der Waals surface area contributed by atoms with Crippen LogP contribution in [0.15, 0.2) is 24.3 Å². The Morgan fingerprint density at radius 1 is 1.26 bits per heavy atom. The summed E-state index contributed by atoms with van der Waals surface area (Å²) in [6.45, 7) is 3.12. The third-order valence-electron chi connectivity index (χ3n) is 2.62. The summed E-state index contributed by atoms with van der Waals surface area (Å²) in [7, 11) is 0. The molecule has 1 unspecified atom stereocenters. The van der Waals surface area contributed by atoms with Gasteiger partial charge in [-0.05, 0) is 31.2 Å². The van der Waals surface area contributed by atoms with E-state index >= 15 is 0 Å². The van der Waals surface area contributed by atoms with E-state index in [0.717, 1.165) is 24.5 Å². The van der Waals surface area contributed by atoms with Crippen LogP contribution in [0.1, 0.15) is 6.92 Å². The molecule has 0 saturated carbocycles. The summed E-state index contributed by atoms with van der Waals surface area (Å²) in [6, 6.07) is 7.01. The van der Waals surface area contributed by atoms with Crippen LogP contribution in [0.4, 0.5) is 11.4 Å². The van der Waals surface area contributed by atoms with E-state index in [1.807, 2.05) is 24.3 Å². The molecule has 0 spiro atoms. The summed E-state index contributed by atoms with van der Waals surface area (Å²) in [5, 5.41) is 2.74. The molecule has 0 saturated heterocycles. The highest BCUT2D eigenvalue weighted by atomic mass is 35.5. The summed E-state index contributed by atoms with van der Waals surface area (Å²) in [5.74, 6) is 0.881. The zero-order valence-electron chi connectivity index (χ0n) is 10.9. The molecular formula is C13H19Cl2N3O. The Kier molecular flexibility index (Phi) is 6.99. The fourth-order valence-electron chi connectivity index (χ4n) is 1.59. The van der Waals surface area contributed by atoms with Gasteiger partial charge in [-0.15, -0.1) is 23.2 Å². The first-order chi connectivity index (χ1) is 9.08. The number of nitrogens with two attached hydrogens (primary N) is 1. The van der Waals surface area contributed by atoms with Crippen LogP contribution in [0.5, 0.6) is 0 Å². The topological polar surface area (TPSA) is 58.4 Å². The molecule has 0 bridgehead atoms. The van der Waals surface area contributed by atoms with Crippen LogP contribution in [-0.2, 0) is 4.79 Å². The maximum Gasteiger partial charge on any atom is 0.240 e. The number of anilines is 2. The highest BCUT2D eigenvalue weighted by Gasteiger charge is 2.08. The molecule has 0 fully saturated rings. The number of alkyl halides is 2. The molecule has 1 atom stereocenters. The third-order valence-corrected chi connectivity index (χ3v) is 2.96. The third kappa shape index (κ3) is 5.27. The monoisotopic (exact) mass is 303 g/mol. The number of carbonyl (C=O) groups excluding carboxylic acids is 1.